The highest BCUT2D eigenvalue weighted by molar-refractivity contribution is 5.69. The molecule has 43 heavy (non-hydrogen) atoms. The molecule has 1 saturated heterocycles. The molecule has 1 aromatic carbocycles. The molecule has 9 nitrogen and oxygen atoms in total. The third-order valence-corrected chi connectivity index (χ3v) is 7.43. The number of fused-ring (bicyclic) bond motifs is 3. The minimum absolute atomic E-state index is 0.0133. The van der Waals surface area contributed by atoms with E-state index in [9.17, 15) is 13.6 Å². The summed E-state index contributed by atoms with van der Waals surface area (Å²) in [6, 6.07) is 11.5. The van der Waals surface area contributed by atoms with Crippen molar-refractivity contribution in [2.75, 3.05) is 37.7 Å². The minimum Gasteiger partial charge on any atom is -0.444 e. The van der Waals surface area contributed by atoms with Gasteiger partial charge in [0.15, 0.2) is 0 Å². The van der Waals surface area contributed by atoms with Crippen LogP contribution in [0, 0.1) is 5.82 Å². The molecule has 0 radical (unpaired) electrons. The summed E-state index contributed by atoms with van der Waals surface area (Å²) in [6.45, 7) is 5.04. The van der Waals surface area contributed by atoms with Crippen LogP contribution in [-0.2, 0) is 15.9 Å². The number of nitrogens with zero attached hydrogens (tertiary/aromatic N) is 5. The van der Waals surface area contributed by atoms with Crippen molar-refractivity contribution in [2.24, 2.45) is 0 Å². The van der Waals surface area contributed by atoms with Crippen molar-refractivity contribution in [1.29, 1.82) is 0 Å². The van der Waals surface area contributed by atoms with Gasteiger partial charge in [0, 0.05) is 67.8 Å². The molecule has 0 aliphatic carbocycles. The fourth-order valence-corrected chi connectivity index (χ4v) is 5.47. The average molecular weight is 596 g/mol. The summed E-state index contributed by atoms with van der Waals surface area (Å²) in [6.07, 6.45) is 2.70. The molecule has 1 amide bonds. The summed E-state index contributed by atoms with van der Waals surface area (Å²) in [5.41, 5.74) is 2.49. The normalized spacial score (nSPS) is 17.3. The van der Waals surface area contributed by atoms with Crippen LogP contribution in [0.3, 0.4) is 0 Å². The van der Waals surface area contributed by atoms with Gasteiger partial charge in [0.1, 0.15) is 34.7 Å². The molecular weight excluding hydrogens is 563 g/mol. The maximum atomic E-state index is 15.4. The largest absolute Gasteiger partial charge is 0.444 e. The lowest BCUT2D eigenvalue weighted by Gasteiger charge is -2.36. The number of halogens is 3. The molecule has 0 spiro atoms. The van der Waals surface area contributed by atoms with E-state index in [4.69, 9.17) is 14.2 Å². The smallest absolute Gasteiger partial charge is 0.410 e. The van der Waals surface area contributed by atoms with E-state index >= 15 is 4.39 Å². The van der Waals surface area contributed by atoms with E-state index in [1.165, 1.54) is 12.1 Å². The summed E-state index contributed by atoms with van der Waals surface area (Å²) >= 11 is 0. The lowest BCUT2D eigenvalue weighted by molar-refractivity contribution is -0.0522. The summed E-state index contributed by atoms with van der Waals surface area (Å²) in [5, 5.41) is 0. The molecule has 0 N–H and O–H groups in total. The minimum atomic E-state index is -2.99. The molecule has 0 bridgehead atoms. The van der Waals surface area contributed by atoms with Gasteiger partial charge in [0.2, 0.25) is 0 Å². The number of aromatic nitrogens is 3. The van der Waals surface area contributed by atoms with Crippen molar-refractivity contribution in [3.63, 3.8) is 0 Å². The topological polar surface area (TPSA) is 81.4 Å². The SMILES string of the molecule is CC(C)(C)OC(=O)N1CCN(c2ccc(-c3cn4c5c(nc4cc3F)CCO[C@H]5c3ccccc3OC(F)F)cn2)CC1. The first-order chi connectivity index (χ1) is 20.6. The number of imidazole rings is 1. The molecule has 2 aliphatic heterocycles. The molecule has 0 unspecified atom stereocenters. The van der Waals surface area contributed by atoms with Gasteiger partial charge in [0.05, 0.1) is 18.0 Å². The zero-order valence-electron chi connectivity index (χ0n) is 24.1. The van der Waals surface area contributed by atoms with E-state index in [-0.39, 0.29) is 11.8 Å². The van der Waals surface area contributed by atoms with Gasteiger partial charge in [-0.2, -0.15) is 8.78 Å². The Labute approximate surface area is 246 Å². The predicted molar refractivity (Wildman–Crippen MR) is 153 cm³/mol. The maximum Gasteiger partial charge on any atom is 0.410 e. The quantitative estimate of drug-likeness (QED) is 0.286. The van der Waals surface area contributed by atoms with E-state index in [1.807, 2.05) is 26.8 Å². The Hall–Kier alpha value is -4.32. The highest BCUT2D eigenvalue weighted by Gasteiger charge is 2.31. The van der Waals surface area contributed by atoms with E-state index in [0.29, 0.717) is 72.9 Å². The van der Waals surface area contributed by atoms with Crippen molar-refractivity contribution in [1.82, 2.24) is 19.3 Å². The number of rotatable bonds is 5. The van der Waals surface area contributed by atoms with Gasteiger partial charge in [0.25, 0.3) is 0 Å². The number of hydrogen-bond acceptors (Lipinski definition) is 7. The van der Waals surface area contributed by atoms with Gasteiger partial charge >= 0.3 is 12.7 Å². The molecule has 6 rings (SSSR count). The van der Waals surface area contributed by atoms with Crippen molar-refractivity contribution in [3.05, 3.63) is 77.6 Å². The highest BCUT2D eigenvalue weighted by Crippen LogP contribution is 2.39. The summed E-state index contributed by atoms with van der Waals surface area (Å²) in [7, 11) is 0. The Bertz CT molecular complexity index is 1630. The van der Waals surface area contributed by atoms with Gasteiger partial charge in [-0.25, -0.2) is 19.2 Å². The molecule has 0 saturated carbocycles. The molecule has 1 atom stereocenters. The van der Waals surface area contributed by atoms with Gasteiger partial charge in [-0.1, -0.05) is 18.2 Å². The molecule has 4 aromatic rings. The van der Waals surface area contributed by atoms with Gasteiger partial charge in [-0.3, -0.25) is 4.40 Å². The van der Waals surface area contributed by atoms with Crippen LogP contribution in [-0.4, -0.2) is 70.4 Å². The van der Waals surface area contributed by atoms with Crippen LogP contribution < -0.4 is 9.64 Å². The number of pyridine rings is 2. The van der Waals surface area contributed by atoms with Crippen LogP contribution >= 0.6 is 0 Å². The second-order valence-electron chi connectivity index (χ2n) is 11.5. The number of carbonyl (C=O) groups excluding carboxylic acids is 1. The van der Waals surface area contributed by atoms with E-state index in [2.05, 4.69) is 14.9 Å². The number of hydrogen-bond donors (Lipinski definition) is 0. The molecule has 5 heterocycles. The Kier molecular flexibility index (Phi) is 7.63. The number of piperazine rings is 1. The van der Waals surface area contributed by atoms with Crippen LogP contribution in [0.4, 0.5) is 23.8 Å². The van der Waals surface area contributed by atoms with E-state index < -0.39 is 24.1 Å². The summed E-state index contributed by atoms with van der Waals surface area (Å²) in [4.78, 5) is 25.4. The average Bonchev–Trinajstić information content (AvgIpc) is 3.33. The Morgan fingerprint density at radius 1 is 1.09 bits per heavy atom. The lowest BCUT2D eigenvalue weighted by atomic mass is 10.0. The first kappa shape index (κ1) is 28.8. The van der Waals surface area contributed by atoms with Crippen LogP contribution in [0.15, 0.2) is 54.9 Å². The fourth-order valence-electron chi connectivity index (χ4n) is 5.47. The standard InChI is InChI=1S/C31H32F3N5O4/c1-31(2,3)43-30(40)38-13-11-37(12-14-38)25-9-8-19(17-35-25)21-18-39-26(16-22(21)32)36-23-10-15-41-28(27(23)39)20-6-4-5-7-24(20)42-29(33)34/h4-9,16-18,28-29H,10-15H2,1-3H3/t28-/m0/s1. The van der Waals surface area contributed by atoms with Crippen molar-refractivity contribution < 1.29 is 32.2 Å². The molecule has 1 fully saturated rings. The first-order valence-electron chi connectivity index (χ1n) is 14.1. The number of ether oxygens (including phenoxy) is 3. The molecule has 226 valence electrons. The number of carbonyl (C=O) groups is 1. The van der Waals surface area contributed by atoms with Gasteiger partial charge in [-0.05, 0) is 39.0 Å². The Balaban J connectivity index is 1.26. The molecule has 12 heteroatoms. The van der Waals surface area contributed by atoms with Crippen LogP contribution in [0.5, 0.6) is 5.75 Å². The summed E-state index contributed by atoms with van der Waals surface area (Å²) in [5.74, 6) is 0.270. The number of benzene rings is 1. The Morgan fingerprint density at radius 3 is 2.56 bits per heavy atom. The second-order valence-corrected chi connectivity index (χ2v) is 11.5. The maximum absolute atomic E-state index is 15.4. The van der Waals surface area contributed by atoms with Crippen molar-refractivity contribution >= 4 is 17.6 Å². The molecular formula is C31H32F3N5O4. The Morgan fingerprint density at radius 2 is 1.86 bits per heavy atom. The van der Waals surface area contributed by atoms with Gasteiger partial charge < -0.3 is 24.0 Å². The number of alkyl halides is 2. The van der Waals surface area contributed by atoms with Gasteiger partial charge in [-0.15, -0.1) is 0 Å². The zero-order valence-corrected chi connectivity index (χ0v) is 24.1. The number of amides is 1. The third-order valence-electron chi connectivity index (χ3n) is 7.43. The fraction of sp³-hybridized carbons (Fsp3) is 0.387. The van der Waals surface area contributed by atoms with E-state index in [0.717, 1.165) is 5.82 Å². The predicted octanol–water partition coefficient (Wildman–Crippen LogP) is 5.86. The molecule has 2 aliphatic rings. The van der Waals surface area contributed by atoms with Crippen LogP contribution in [0.1, 0.15) is 43.8 Å². The second kappa shape index (κ2) is 11.4. The van der Waals surface area contributed by atoms with Crippen LogP contribution in [0.25, 0.3) is 16.8 Å². The number of anilines is 1. The zero-order chi connectivity index (χ0) is 30.3. The van der Waals surface area contributed by atoms with Crippen molar-refractivity contribution in [2.45, 2.75) is 45.5 Å². The first-order valence-corrected chi connectivity index (χ1v) is 14.1. The number of para-hydroxylation sites is 1. The highest BCUT2D eigenvalue weighted by atomic mass is 19.3. The monoisotopic (exact) mass is 595 g/mol. The van der Waals surface area contributed by atoms with Crippen LogP contribution in [0.2, 0.25) is 0 Å². The van der Waals surface area contributed by atoms with Crippen molar-refractivity contribution in [3.8, 4) is 16.9 Å². The van der Waals surface area contributed by atoms with E-state index in [1.54, 1.807) is 46.0 Å². The third kappa shape index (κ3) is 5.96. The molecule has 3 aromatic heterocycles. The summed E-state index contributed by atoms with van der Waals surface area (Å²) < 4.78 is 59.7. The lowest BCUT2D eigenvalue weighted by Crippen LogP contribution is -2.50.